The van der Waals surface area contributed by atoms with Gasteiger partial charge in [0.1, 0.15) is 6.54 Å². The van der Waals surface area contributed by atoms with Crippen molar-refractivity contribution < 1.29 is 18.0 Å². The molecule has 0 saturated heterocycles. The number of nitrogens with one attached hydrogen (secondary N) is 1. The summed E-state index contributed by atoms with van der Waals surface area (Å²) in [6.45, 7) is 1.31. The van der Waals surface area contributed by atoms with Crippen molar-refractivity contribution in [3.8, 4) is 0 Å². The van der Waals surface area contributed by atoms with Crippen LogP contribution in [0, 0.1) is 6.92 Å². The Hall–Kier alpha value is -2.09. The van der Waals surface area contributed by atoms with Crippen molar-refractivity contribution in [2.75, 3.05) is 5.32 Å². The summed E-state index contributed by atoms with van der Waals surface area (Å²) in [4.78, 5) is 23.9. The van der Waals surface area contributed by atoms with Crippen LogP contribution in [0.2, 0.25) is 0 Å². The fourth-order valence-corrected chi connectivity index (χ4v) is 2.58. The first-order valence-corrected chi connectivity index (χ1v) is 7.30. The van der Waals surface area contributed by atoms with E-state index in [0.29, 0.717) is 10.0 Å². The minimum Gasteiger partial charge on any atom is -0.325 e. The molecule has 0 radical (unpaired) electrons. The molecule has 1 aromatic carbocycles. The molecule has 1 aromatic heterocycles. The highest BCUT2D eigenvalue weighted by atomic mass is 79.9. The summed E-state index contributed by atoms with van der Waals surface area (Å²) < 4.78 is 39.7. The summed E-state index contributed by atoms with van der Waals surface area (Å²) in [5, 5.41) is 2.36. The van der Waals surface area contributed by atoms with Gasteiger partial charge in [-0.1, -0.05) is 6.07 Å². The number of hydrogen-bond acceptors (Lipinski definition) is 2. The first-order valence-electron chi connectivity index (χ1n) is 6.50. The summed E-state index contributed by atoms with van der Waals surface area (Å²) in [5.41, 5.74) is -0.728. The smallest absolute Gasteiger partial charge is 0.325 e. The van der Waals surface area contributed by atoms with Crippen LogP contribution in [0.25, 0.3) is 0 Å². The van der Waals surface area contributed by atoms with Crippen LogP contribution in [0.5, 0.6) is 0 Å². The average molecular weight is 389 g/mol. The molecular formula is C15H12BrF3N2O2. The molecule has 0 spiro atoms. The summed E-state index contributed by atoms with van der Waals surface area (Å²) in [6, 6.07) is 5.92. The molecule has 0 saturated carbocycles. The molecule has 8 heteroatoms. The second-order valence-corrected chi connectivity index (χ2v) is 5.82. The number of aromatic nitrogens is 1. The fraction of sp³-hybridized carbons (Fsp3) is 0.200. The van der Waals surface area contributed by atoms with E-state index in [-0.39, 0.29) is 17.8 Å². The van der Waals surface area contributed by atoms with Gasteiger partial charge < -0.3 is 9.88 Å². The van der Waals surface area contributed by atoms with Crippen LogP contribution < -0.4 is 10.9 Å². The van der Waals surface area contributed by atoms with Crippen molar-refractivity contribution in [2.24, 2.45) is 0 Å². The Morgan fingerprint density at radius 2 is 2.00 bits per heavy atom. The van der Waals surface area contributed by atoms with E-state index < -0.39 is 17.6 Å². The molecule has 0 bridgehead atoms. The predicted molar refractivity (Wildman–Crippen MR) is 83.2 cm³/mol. The molecule has 122 valence electrons. The zero-order chi connectivity index (χ0) is 17.2. The lowest BCUT2D eigenvalue weighted by atomic mass is 10.2. The number of nitrogens with zero attached hydrogens (tertiary/aromatic N) is 1. The Labute approximate surface area is 138 Å². The van der Waals surface area contributed by atoms with E-state index in [4.69, 9.17) is 0 Å². The number of aryl methyl sites for hydroxylation is 1. The SMILES string of the molecule is Cc1cc(Br)cn(CC(=O)Nc2cccc(C(F)(F)F)c2)c1=O. The molecular weight excluding hydrogens is 377 g/mol. The molecule has 0 aliphatic heterocycles. The number of hydrogen-bond donors (Lipinski definition) is 1. The molecule has 2 rings (SSSR count). The number of amides is 1. The highest BCUT2D eigenvalue weighted by Gasteiger charge is 2.30. The Bertz CT molecular complexity index is 800. The van der Waals surface area contributed by atoms with Gasteiger partial charge in [-0.3, -0.25) is 9.59 Å². The van der Waals surface area contributed by atoms with Crippen LogP contribution in [-0.4, -0.2) is 10.5 Å². The van der Waals surface area contributed by atoms with Gasteiger partial charge in [-0.25, -0.2) is 0 Å². The van der Waals surface area contributed by atoms with Crippen LogP contribution >= 0.6 is 15.9 Å². The predicted octanol–water partition coefficient (Wildman–Crippen LogP) is 3.58. The van der Waals surface area contributed by atoms with Gasteiger partial charge in [0.05, 0.1) is 5.56 Å². The number of carbonyl (C=O) groups is 1. The molecule has 1 N–H and O–H groups in total. The van der Waals surface area contributed by atoms with Crippen molar-refractivity contribution in [1.82, 2.24) is 4.57 Å². The normalized spacial score (nSPS) is 11.3. The third-order valence-electron chi connectivity index (χ3n) is 3.02. The number of benzene rings is 1. The molecule has 0 atom stereocenters. The molecule has 0 aliphatic carbocycles. The van der Waals surface area contributed by atoms with Gasteiger partial charge in [0.2, 0.25) is 5.91 Å². The van der Waals surface area contributed by atoms with Crippen molar-refractivity contribution in [1.29, 1.82) is 0 Å². The monoisotopic (exact) mass is 388 g/mol. The summed E-state index contributed by atoms with van der Waals surface area (Å²) in [5.74, 6) is -0.594. The largest absolute Gasteiger partial charge is 0.416 e. The zero-order valence-electron chi connectivity index (χ0n) is 11.9. The lowest BCUT2D eigenvalue weighted by molar-refractivity contribution is -0.137. The second-order valence-electron chi connectivity index (χ2n) is 4.90. The molecule has 0 fully saturated rings. The first-order chi connectivity index (χ1) is 10.7. The first kappa shape index (κ1) is 17.3. The van der Waals surface area contributed by atoms with Gasteiger partial charge in [-0.05, 0) is 47.1 Å². The Balaban J connectivity index is 2.16. The maximum Gasteiger partial charge on any atom is 0.416 e. The van der Waals surface area contributed by atoms with E-state index in [0.717, 1.165) is 12.1 Å². The van der Waals surface area contributed by atoms with Crippen molar-refractivity contribution >= 4 is 27.5 Å². The topological polar surface area (TPSA) is 51.1 Å². The lowest BCUT2D eigenvalue weighted by Gasteiger charge is -2.11. The Kier molecular flexibility index (Phi) is 4.93. The van der Waals surface area contributed by atoms with Crippen molar-refractivity contribution in [2.45, 2.75) is 19.6 Å². The highest BCUT2D eigenvalue weighted by Crippen LogP contribution is 2.30. The number of carbonyl (C=O) groups excluding carboxylic acids is 1. The van der Waals surface area contributed by atoms with E-state index in [2.05, 4.69) is 21.2 Å². The van der Waals surface area contributed by atoms with Gasteiger partial charge in [0.15, 0.2) is 0 Å². The number of alkyl halides is 3. The minimum absolute atomic E-state index is 0.0181. The van der Waals surface area contributed by atoms with E-state index in [1.807, 2.05) is 0 Å². The molecule has 4 nitrogen and oxygen atoms in total. The third-order valence-corrected chi connectivity index (χ3v) is 3.45. The number of rotatable bonds is 3. The van der Waals surface area contributed by atoms with E-state index in [1.165, 1.54) is 22.9 Å². The van der Waals surface area contributed by atoms with Gasteiger partial charge in [0.25, 0.3) is 5.56 Å². The van der Waals surface area contributed by atoms with Crippen molar-refractivity contribution in [3.05, 3.63) is 62.5 Å². The highest BCUT2D eigenvalue weighted by molar-refractivity contribution is 9.10. The van der Waals surface area contributed by atoms with Gasteiger partial charge >= 0.3 is 6.18 Å². The number of halogens is 4. The quantitative estimate of drug-likeness (QED) is 0.873. The zero-order valence-corrected chi connectivity index (χ0v) is 13.5. The molecule has 0 unspecified atom stereocenters. The fourth-order valence-electron chi connectivity index (χ4n) is 1.99. The summed E-state index contributed by atoms with van der Waals surface area (Å²) in [7, 11) is 0. The van der Waals surface area contributed by atoms with Crippen LogP contribution in [0.15, 0.2) is 45.8 Å². The van der Waals surface area contributed by atoms with Crippen molar-refractivity contribution in [3.63, 3.8) is 0 Å². The maximum atomic E-state index is 12.6. The standard InChI is InChI=1S/C15H12BrF3N2O2/c1-9-5-11(16)7-21(14(9)23)8-13(22)20-12-4-2-3-10(6-12)15(17,18)19/h2-7H,8H2,1H3,(H,20,22). The minimum atomic E-state index is -4.49. The van der Waals surface area contributed by atoms with E-state index in [1.54, 1.807) is 13.0 Å². The second kappa shape index (κ2) is 6.57. The Morgan fingerprint density at radius 3 is 2.65 bits per heavy atom. The lowest BCUT2D eigenvalue weighted by Crippen LogP contribution is -2.28. The third kappa shape index (κ3) is 4.44. The molecule has 1 amide bonds. The van der Waals surface area contributed by atoms with E-state index >= 15 is 0 Å². The maximum absolute atomic E-state index is 12.6. The van der Waals surface area contributed by atoms with Crippen LogP contribution in [0.3, 0.4) is 0 Å². The molecule has 1 heterocycles. The average Bonchev–Trinajstić information content (AvgIpc) is 2.43. The molecule has 23 heavy (non-hydrogen) atoms. The van der Waals surface area contributed by atoms with Gasteiger partial charge in [-0.2, -0.15) is 13.2 Å². The van der Waals surface area contributed by atoms with Gasteiger partial charge in [-0.15, -0.1) is 0 Å². The molecule has 0 aliphatic rings. The van der Waals surface area contributed by atoms with Crippen LogP contribution in [0.4, 0.5) is 18.9 Å². The summed E-state index contributed by atoms with van der Waals surface area (Å²) in [6.07, 6.45) is -3.04. The van der Waals surface area contributed by atoms with Crippen LogP contribution in [0.1, 0.15) is 11.1 Å². The van der Waals surface area contributed by atoms with E-state index in [9.17, 15) is 22.8 Å². The van der Waals surface area contributed by atoms with Gasteiger partial charge in [0, 0.05) is 21.9 Å². The molecule has 2 aromatic rings. The van der Waals surface area contributed by atoms with Crippen LogP contribution in [-0.2, 0) is 17.5 Å². The number of anilines is 1. The Morgan fingerprint density at radius 1 is 1.30 bits per heavy atom. The number of pyridine rings is 1. The summed E-state index contributed by atoms with van der Waals surface area (Å²) >= 11 is 3.22.